The summed E-state index contributed by atoms with van der Waals surface area (Å²) in [4.78, 5) is 12.2. The van der Waals surface area contributed by atoms with Gasteiger partial charge in [0.2, 0.25) is 0 Å². The monoisotopic (exact) mass is 355 g/mol. The van der Waals surface area contributed by atoms with E-state index in [1.54, 1.807) is 0 Å². The summed E-state index contributed by atoms with van der Waals surface area (Å²) in [6.07, 6.45) is 0. The van der Waals surface area contributed by atoms with Gasteiger partial charge < -0.3 is 14.6 Å². The Morgan fingerprint density at radius 3 is 2.27 bits per heavy atom. The molecule has 0 saturated carbocycles. The summed E-state index contributed by atoms with van der Waals surface area (Å²) in [5, 5.41) is 2.84. The highest BCUT2D eigenvalue weighted by Gasteiger charge is 2.51. The van der Waals surface area contributed by atoms with Crippen LogP contribution in [0, 0.1) is 5.82 Å². The van der Waals surface area contributed by atoms with Gasteiger partial charge in [0.05, 0.1) is 11.2 Å². The third-order valence-electron chi connectivity index (χ3n) is 5.04. The van der Waals surface area contributed by atoms with Crippen LogP contribution in [0.2, 0.25) is 0 Å². The fourth-order valence-corrected chi connectivity index (χ4v) is 2.71. The first-order valence-corrected chi connectivity index (χ1v) is 8.66. The number of amides is 1. The zero-order chi connectivity index (χ0) is 18.9. The van der Waals surface area contributed by atoms with Gasteiger partial charge in [-0.1, -0.05) is 24.3 Å². The summed E-state index contributed by atoms with van der Waals surface area (Å²) >= 11 is 0. The number of nitrogens with one attached hydrogen (secondary N) is 1. The Kier molecular flexibility index (Phi) is 4.91. The van der Waals surface area contributed by atoms with Crippen LogP contribution in [0.5, 0.6) is 0 Å². The Labute approximate surface area is 153 Å². The van der Waals surface area contributed by atoms with Crippen LogP contribution in [0.1, 0.15) is 43.6 Å². The van der Waals surface area contributed by atoms with Crippen molar-refractivity contribution in [1.29, 1.82) is 0 Å². The van der Waals surface area contributed by atoms with Crippen molar-refractivity contribution in [1.82, 2.24) is 5.32 Å². The molecule has 6 heteroatoms. The molecule has 3 rings (SSSR count). The second-order valence-electron chi connectivity index (χ2n) is 7.52. The Bertz CT molecular complexity index is 789. The molecule has 0 aliphatic carbocycles. The van der Waals surface area contributed by atoms with Crippen molar-refractivity contribution in [3.8, 4) is 0 Å². The van der Waals surface area contributed by atoms with E-state index in [1.807, 2.05) is 52.0 Å². The maximum atomic E-state index is 12.9. The molecule has 1 aliphatic rings. The van der Waals surface area contributed by atoms with Gasteiger partial charge in [-0.15, -0.1) is 0 Å². The third-order valence-corrected chi connectivity index (χ3v) is 5.04. The van der Waals surface area contributed by atoms with E-state index < -0.39 is 18.3 Å². The lowest BCUT2D eigenvalue weighted by atomic mass is 9.78. The molecule has 0 radical (unpaired) electrons. The standard InChI is InChI=1S/C20H23BFNO3/c1-19(2)20(3,4)26-21(25-19)16-7-5-6-14(12-16)13-23-18(24)15-8-10-17(22)11-9-15/h5-12H,13H2,1-4H3,(H,23,24). The molecule has 1 aliphatic heterocycles. The van der Waals surface area contributed by atoms with E-state index in [4.69, 9.17) is 9.31 Å². The van der Waals surface area contributed by atoms with Gasteiger partial charge in [-0.25, -0.2) is 4.39 Å². The predicted octanol–water partition coefficient (Wildman–Crippen LogP) is 3.05. The molecular formula is C20H23BFNO3. The first-order valence-electron chi connectivity index (χ1n) is 8.66. The summed E-state index contributed by atoms with van der Waals surface area (Å²) in [5.41, 5.74) is 1.48. The van der Waals surface area contributed by atoms with Crippen LogP contribution < -0.4 is 10.8 Å². The van der Waals surface area contributed by atoms with Gasteiger partial charge >= 0.3 is 7.12 Å². The highest BCUT2D eigenvalue weighted by molar-refractivity contribution is 6.62. The smallest absolute Gasteiger partial charge is 0.399 e. The minimum absolute atomic E-state index is 0.244. The number of hydrogen-bond donors (Lipinski definition) is 1. The number of rotatable bonds is 4. The molecule has 26 heavy (non-hydrogen) atoms. The van der Waals surface area contributed by atoms with Gasteiger partial charge in [-0.05, 0) is 63.0 Å². The first kappa shape index (κ1) is 18.6. The molecule has 0 atom stereocenters. The van der Waals surface area contributed by atoms with Gasteiger partial charge in [-0.2, -0.15) is 0 Å². The average molecular weight is 355 g/mol. The van der Waals surface area contributed by atoms with Crippen molar-refractivity contribution in [3.63, 3.8) is 0 Å². The third kappa shape index (κ3) is 3.81. The molecule has 0 spiro atoms. The molecule has 1 heterocycles. The Hall–Kier alpha value is -2.18. The topological polar surface area (TPSA) is 47.6 Å². The van der Waals surface area contributed by atoms with Crippen molar-refractivity contribution in [2.75, 3.05) is 0 Å². The molecule has 2 aromatic carbocycles. The van der Waals surface area contributed by atoms with Gasteiger partial charge in [0.1, 0.15) is 5.82 Å². The van der Waals surface area contributed by atoms with Gasteiger partial charge in [-0.3, -0.25) is 4.79 Å². The van der Waals surface area contributed by atoms with Crippen LogP contribution in [0.25, 0.3) is 0 Å². The number of carbonyl (C=O) groups is 1. The van der Waals surface area contributed by atoms with Crippen LogP contribution >= 0.6 is 0 Å². The average Bonchev–Trinajstić information content (AvgIpc) is 2.81. The Morgan fingerprint density at radius 1 is 1.04 bits per heavy atom. The first-order chi connectivity index (χ1) is 12.2. The minimum Gasteiger partial charge on any atom is -0.399 e. The SMILES string of the molecule is CC1(C)OB(c2cccc(CNC(=O)c3ccc(F)cc3)c2)OC1(C)C. The lowest BCUT2D eigenvalue weighted by Gasteiger charge is -2.32. The predicted molar refractivity (Wildman–Crippen MR) is 99.7 cm³/mol. The Balaban J connectivity index is 1.67. The molecule has 0 aromatic heterocycles. The highest BCUT2D eigenvalue weighted by Crippen LogP contribution is 2.36. The van der Waals surface area contributed by atoms with Crippen molar-refractivity contribution in [2.24, 2.45) is 0 Å². The molecule has 4 nitrogen and oxygen atoms in total. The second kappa shape index (κ2) is 6.85. The maximum Gasteiger partial charge on any atom is 0.494 e. The molecule has 1 amide bonds. The second-order valence-corrected chi connectivity index (χ2v) is 7.52. The number of carbonyl (C=O) groups excluding carboxylic acids is 1. The lowest BCUT2D eigenvalue weighted by molar-refractivity contribution is 0.00578. The number of halogens is 1. The summed E-state index contributed by atoms with van der Waals surface area (Å²) in [7, 11) is -0.437. The maximum absolute atomic E-state index is 12.9. The fourth-order valence-electron chi connectivity index (χ4n) is 2.71. The van der Waals surface area contributed by atoms with Crippen LogP contribution in [0.3, 0.4) is 0 Å². The van der Waals surface area contributed by atoms with E-state index in [9.17, 15) is 9.18 Å². The van der Waals surface area contributed by atoms with Crippen molar-refractivity contribution in [2.45, 2.75) is 45.4 Å². The molecule has 1 N–H and O–H groups in total. The quantitative estimate of drug-likeness (QED) is 0.858. The van der Waals surface area contributed by atoms with E-state index in [1.165, 1.54) is 24.3 Å². The fraction of sp³-hybridized carbons (Fsp3) is 0.350. The number of hydrogen-bond acceptors (Lipinski definition) is 3. The number of benzene rings is 2. The van der Waals surface area contributed by atoms with E-state index in [0.29, 0.717) is 12.1 Å². The van der Waals surface area contributed by atoms with E-state index >= 15 is 0 Å². The van der Waals surface area contributed by atoms with Crippen LogP contribution in [-0.2, 0) is 15.9 Å². The largest absolute Gasteiger partial charge is 0.494 e. The van der Waals surface area contributed by atoms with E-state index in [0.717, 1.165) is 11.0 Å². The molecule has 1 fully saturated rings. The molecule has 2 aromatic rings. The van der Waals surface area contributed by atoms with Crippen LogP contribution in [-0.4, -0.2) is 24.2 Å². The van der Waals surface area contributed by atoms with Crippen molar-refractivity contribution >= 4 is 18.5 Å². The van der Waals surface area contributed by atoms with Crippen molar-refractivity contribution < 1.29 is 18.5 Å². The summed E-state index contributed by atoms with van der Waals surface area (Å²) in [6, 6.07) is 13.2. The zero-order valence-corrected chi connectivity index (χ0v) is 15.5. The summed E-state index contributed by atoms with van der Waals surface area (Å²) in [6.45, 7) is 8.42. The van der Waals surface area contributed by atoms with Gasteiger partial charge in [0.25, 0.3) is 5.91 Å². The van der Waals surface area contributed by atoms with Gasteiger partial charge in [0.15, 0.2) is 0 Å². The van der Waals surface area contributed by atoms with E-state index in [-0.39, 0.29) is 11.7 Å². The molecular weight excluding hydrogens is 332 g/mol. The zero-order valence-electron chi connectivity index (χ0n) is 15.5. The van der Waals surface area contributed by atoms with Crippen LogP contribution in [0.4, 0.5) is 4.39 Å². The molecule has 0 unspecified atom stereocenters. The van der Waals surface area contributed by atoms with Crippen LogP contribution in [0.15, 0.2) is 48.5 Å². The highest BCUT2D eigenvalue weighted by atomic mass is 19.1. The molecule has 1 saturated heterocycles. The summed E-state index contributed by atoms with van der Waals surface area (Å²) < 4.78 is 25.1. The summed E-state index contributed by atoms with van der Waals surface area (Å²) in [5.74, 6) is -0.609. The Morgan fingerprint density at radius 2 is 1.65 bits per heavy atom. The molecule has 136 valence electrons. The minimum atomic E-state index is -0.437. The lowest BCUT2D eigenvalue weighted by Crippen LogP contribution is -2.41. The van der Waals surface area contributed by atoms with Crippen molar-refractivity contribution in [3.05, 3.63) is 65.5 Å². The normalized spacial score (nSPS) is 18.0. The van der Waals surface area contributed by atoms with E-state index in [2.05, 4.69) is 5.32 Å². The molecule has 0 bridgehead atoms. The van der Waals surface area contributed by atoms with Gasteiger partial charge in [0, 0.05) is 12.1 Å².